The Morgan fingerprint density at radius 3 is 2.53 bits per heavy atom. The lowest BCUT2D eigenvalue weighted by molar-refractivity contribution is 0.0702. The van der Waals surface area contributed by atoms with Gasteiger partial charge in [-0.2, -0.15) is 0 Å². The highest BCUT2D eigenvalue weighted by molar-refractivity contribution is 6.15. The van der Waals surface area contributed by atoms with E-state index in [1.54, 1.807) is 56.5 Å². The maximum Gasteiger partial charge on any atom is 0.379 e. The fourth-order valence-corrected chi connectivity index (χ4v) is 3.56. The van der Waals surface area contributed by atoms with Crippen molar-refractivity contribution in [1.82, 2.24) is 0 Å². The molecular formula is C26H18O6. The lowest BCUT2D eigenvalue weighted by atomic mass is 10.1. The normalized spacial score (nSPS) is 13.8. The van der Waals surface area contributed by atoms with Crippen molar-refractivity contribution in [3.05, 3.63) is 94.9 Å². The largest absolute Gasteiger partial charge is 0.497 e. The summed E-state index contributed by atoms with van der Waals surface area (Å²) in [5, 5.41) is 0.812. The summed E-state index contributed by atoms with van der Waals surface area (Å²) in [7, 11) is 1.59. The van der Waals surface area contributed by atoms with Gasteiger partial charge in [0.05, 0.1) is 12.7 Å². The zero-order valence-corrected chi connectivity index (χ0v) is 17.4. The number of carbonyl (C=O) groups excluding carboxylic acids is 2. The van der Waals surface area contributed by atoms with Crippen LogP contribution >= 0.6 is 0 Å². The van der Waals surface area contributed by atoms with E-state index >= 15 is 0 Å². The van der Waals surface area contributed by atoms with E-state index in [0.29, 0.717) is 28.2 Å². The number of Topliss-reactive ketones (excluding diaryl/α,β-unsaturated/α-hetero) is 1. The number of carbonyl (C=O) groups is 2. The molecule has 1 aromatic heterocycles. The van der Waals surface area contributed by atoms with Crippen molar-refractivity contribution in [1.29, 1.82) is 0 Å². The minimum absolute atomic E-state index is 0.100. The Balaban J connectivity index is 1.40. The van der Waals surface area contributed by atoms with Crippen LogP contribution in [0.5, 0.6) is 17.2 Å². The third-order valence-electron chi connectivity index (χ3n) is 5.28. The van der Waals surface area contributed by atoms with Crippen LogP contribution in [0, 0.1) is 6.92 Å². The molecule has 0 fully saturated rings. The SMILES string of the molecule is COc1ccc(/C=C2\Oc3c(ccc(OC(=O)c4cc5ccccc5o4)c3C)C2=O)cc1. The van der Waals surface area contributed by atoms with E-state index in [-0.39, 0.29) is 17.3 Å². The monoisotopic (exact) mass is 426 g/mol. The van der Waals surface area contributed by atoms with Crippen LogP contribution in [0.15, 0.2) is 76.9 Å². The standard InChI is InChI=1S/C26H18O6/c1-15-20(32-26(28)23-14-17-5-3-4-6-21(17)30-23)12-11-19-24(27)22(31-25(15)19)13-16-7-9-18(29-2)10-8-16/h3-14H,1-2H3/b22-13-. The molecule has 158 valence electrons. The van der Waals surface area contributed by atoms with E-state index in [4.69, 9.17) is 18.6 Å². The molecule has 0 amide bonds. The Labute approximate surface area is 183 Å². The van der Waals surface area contributed by atoms with Gasteiger partial charge in [-0.1, -0.05) is 30.3 Å². The number of furan rings is 1. The summed E-state index contributed by atoms with van der Waals surface area (Å²) < 4.78 is 22.1. The molecule has 0 radical (unpaired) electrons. The number of para-hydroxylation sites is 1. The molecule has 0 aliphatic carbocycles. The number of ether oxygens (including phenoxy) is 3. The quantitative estimate of drug-likeness (QED) is 0.241. The summed E-state index contributed by atoms with van der Waals surface area (Å²) in [4.78, 5) is 25.4. The van der Waals surface area contributed by atoms with Gasteiger partial charge >= 0.3 is 5.97 Å². The Kier molecular flexibility index (Phi) is 4.75. The van der Waals surface area contributed by atoms with E-state index in [1.807, 2.05) is 30.3 Å². The Bertz CT molecular complexity index is 1360. The third-order valence-corrected chi connectivity index (χ3v) is 5.28. The van der Waals surface area contributed by atoms with Gasteiger partial charge in [-0.25, -0.2) is 4.79 Å². The predicted octanol–water partition coefficient (Wildman–Crippen LogP) is 5.59. The van der Waals surface area contributed by atoms with Crippen LogP contribution in [0.4, 0.5) is 0 Å². The number of benzene rings is 3. The molecule has 32 heavy (non-hydrogen) atoms. The average Bonchev–Trinajstić information content (AvgIpc) is 3.38. The number of hydrogen-bond donors (Lipinski definition) is 0. The second-order valence-electron chi connectivity index (χ2n) is 7.32. The molecule has 2 heterocycles. The molecule has 0 unspecified atom stereocenters. The highest BCUT2D eigenvalue weighted by Gasteiger charge is 2.31. The maximum absolute atomic E-state index is 12.8. The minimum atomic E-state index is -0.623. The van der Waals surface area contributed by atoms with E-state index in [9.17, 15) is 9.59 Å². The molecule has 1 aliphatic rings. The smallest absolute Gasteiger partial charge is 0.379 e. The number of hydrogen-bond acceptors (Lipinski definition) is 6. The Morgan fingerprint density at radius 1 is 1.00 bits per heavy atom. The highest BCUT2D eigenvalue weighted by atomic mass is 16.5. The molecule has 0 saturated heterocycles. The van der Waals surface area contributed by atoms with Gasteiger partial charge in [-0.05, 0) is 55.0 Å². The fourth-order valence-electron chi connectivity index (χ4n) is 3.56. The molecule has 6 nitrogen and oxygen atoms in total. The van der Waals surface area contributed by atoms with Crippen molar-refractivity contribution in [2.45, 2.75) is 6.92 Å². The molecule has 5 rings (SSSR count). The average molecular weight is 426 g/mol. The Hall–Kier alpha value is -4.32. The number of fused-ring (bicyclic) bond motifs is 2. The van der Waals surface area contributed by atoms with Crippen LogP contribution in [0.3, 0.4) is 0 Å². The summed E-state index contributed by atoms with van der Waals surface area (Å²) in [5.74, 6) is 0.854. The fraction of sp³-hybridized carbons (Fsp3) is 0.0769. The molecule has 6 heteroatoms. The van der Waals surface area contributed by atoms with Crippen molar-refractivity contribution in [2.24, 2.45) is 0 Å². The van der Waals surface area contributed by atoms with Gasteiger partial charge in [-0.3, -0.25) is 4.79 Å². The molecule has 1 aliphatic heterocycles. The van der Waals surface area contributed by atoms with E-state index in [2.05, 4.69) is 0 Å². The summed E-state index contributed by atoms with van der Waals surface area (Å²) in [5.41, 5.74) is 2.38. The first kappa shape index (κ1) is 19.6. The van der Waals surface area contributed by atoms with Crippen molar-refractivity contribution in [2.75, 3.05) is 7.11 Å². The maximum atomic E-state index is 12.8. The number of ketones is 1. The zero-order chi connectivity index (χ0) is 22.2. The summed E-state index contributed by atoms with van der Waals surface area (Å²) >= 11 is 0. The van der Waals surface area contributed by atoms with Crippen molar-refractivity contribution in [3.63, 3.8) is 0 Å². The minimum Gasteiger partial charge on any atom is -0.497 e. The van der Waals surface area contributed by atoms with Gasteiger partial charge in [0, 0.05) is 10.9 Å². The van der Waals surface area contributed by atoms with Gasteiger partial charge in [0.2, 0.25) is 11.5 Å². The summed E-state index contributed by atoms with van der Waals surface area (Å²) in [6.45, 7) is 1.74. The van der Waals surface area contributed by atoms with Crippen LogP contribution in [0.1, 0.15) is 32.0 Å². The van der Waals surface area contributed by atoms with Crippen LogP contribution in [-0.2, 0) is 0 Å². The first-order valence-electron chi connectivity index (χ1n) is 9.96. The van der Waals surface area contributed by atoms with Gasteiger partial charge in [0.25, 0.3) is 0 Å². The lowest BCUT2D eigenvalue weighted by Crippen LogP contribution is -2.08. The van der Waals surface area contributed by atoms with Crippen LogP contribution in [0.2, 0.25) is 0 Å². The van der Waals surface area contributed by atoms with Crippen molar-refractivity contribution < 1.29 is 28.2 Å². The van der Waals surface area contributed by atoms with Crippen LogP contribution in [-0.4, -0.2) is 18.9 Å². The van der Waals surface area contributed by atoms with Gasteiger partial charge in [-0.15, -0.1) is 0 Å². The number of methoxy groups -OCH3 is 1. The highest BCUT2D eigenvalue weighted by Crippen LogP contribution is 2.39. The third kappa shape index (κ3) is 3.41. The molecule has 0 bridgehead atoms. The summed E-state index contributed by atoms with van der Waals surface area (Å²) in [6, 6.07) is 19.4. The van der Waals surface area contributed by atoms with Crippen LogP contribution in [0.25, 0.3) is 17.0 Å². The first-order valence-corrected chi connectivity index (χ1v) is 9.96. The number of esters is 1. The van der Waals surface area contributed by atoms with E-state index in [1.165, 1.54) is 0 Å². The van der Waals surface area contributed by atoms with Crippen molar-refractivity contribution >= 4 is 28.8 Å². The second kappa shape index (κ2) is 7.74. The molecule has 4 aromatic rings. The van der Waals surface area contributed by atoms with Gasteiger partial charge in [0.15, 0.2) is 5.76 Å². The van der Waals surface area contributed by atoms with Crippen LogP contribution < -0.4 is 14.2 Å². The topological polar surface area (TPSA) is 75.0 Å². The number of rotatable bonds is 4. The molecule has 0 spiro atoms. The van der Waals surface area contributed by atoms with E-state index < -0.39 is 5.97 Å². The molecule has 3 aromatic carbocycles. The van der Waals surface area contributed by atoms with Gasteiger partial charge < -0.3 is 18.6 Å². The molecular weight excluding hydrogens is 408 g/mol. The van der Waals surface area contributed by atoms with Crippen molar-refractivity contribution in [3.8, 4) is 17.2 Å². The van der Waals surface area contributed by atoms with E-state index in [0.717, 1.165) is 16.7 Å². The van der Waals surface area contributed by atoms with Gasteiger partial charge in [0.1, 0.15) is 22.8 Å². The molecule has 0 atom stereocenters. The lowest BCUT2D eigenvalue weighted by Gasteiger charge is -2.09. The second-order valence-corrected chi connectivity index (χ2v) is 7.32. The molecule has 0 saturated carbocycles. The first-order chi connectivity index (χ1) is 15.5. The molecule has 0 N–H and O–H groups in total. The Morgan fingerprint density at radius 2 is 1.78 bits per heavy atom. The summed E-state index contributed by atoms with van der Waals surface area (Å²) in [6.07, 6.45) is 1.67. The zero-order valence-electron chi connectivity index (χ0n) is 17.4. The predicted molar refractivity (Wildman–Crippen MR) is 118 cm³/mol. The number of allylic oxidation sites excluding steroid dienone is 1.